The molecule has 2 atom stereocenters. The first kappa shape index (κ1) is 25.2. The fourth-order valence-electron chi connectivity index (χ4n) is 4.70. The molecule has 6 heteroatoms. The Morgan fingerprint density at radius 3 is 2.77 bits per heavy atom. The van der Waals surface area contributed by atoms with Gasteiger partial charge in [-0.05, 0) is 77.6 Å². The van der Waals surface area contributed by atoms with E-state index in [9.17, 15) is 10.1 Å². The normalized spacial score (nSPS) is 19.2. The summed E-state index contributed by atoms with van der Waals surface area (Å²) in [6.07, 6.45) is 5.39. The Labute approximate surface area is 188 Å². The minimum Gasteiger partial charge on any atom is -0.383 e. The molecular weight excluding hydrogens is 388 g/mol. The first-order valence-electron chi connectivity index (χ1n) is 11.5. The van der Waals surface area contributed by atoms with E-state index in [0.29, 0.717) is 13.2 Å². The topological polar surface area (TPSA) is 70.3 Å². The minimum absolute atomic E-state index is 0.139. The van der Waals surface area contributed by atoms with Crippen LogP contribution in [0.2, 0.25) is 0 Å². The number of hydrogen-bond acceptors (Lipinski definition) is 4. The molecular formula is C25H40N4O2. The molecule has 1 saturated heterocycles. The third-order valence-electron chi connectivity index (χ3n) is 6.67. The van der Waals surface area contributed by atoms with Gasteiger partial charge in [-0.3, -0.25) is 9.69 Å². The summed E-state index contributed by atoms with van der Waals surface area (Å²) in [7, 11) is 1.69. The van der Waals surface area contributed by atoms with Crippen molar-refractivity contribution in [3.63, 3.8) is 0 Å². The second-order valence-electron chi connectivity index (χ2n) is 9.53. The third-order valence-corrected chi connectivity index (χ3v) is 6.67. The lowest BCUT2D eigenvalue weighted by molar-refractivity contribution is -0.117. The number of nitrogens with zero attached hydrogens (tertiary/aromatic N) is 3. The number of methoxy groups -OCH3 is 1. The molecule has 2 rings (SSSR count). The van der Waals surface area contributed by atoms with Gasteiger partial charge in [-0.1, -0.05) is 13.3 Å². The van der Waals surface area contributed by atoms with E-state index in [1.165, 1.54) is 19.3 Å². The zero-order chi connectivity index (χ0) is 23.2. The zero-order valence-corrected chi connectivity index (χ0v) is 20.4. The van der Waals surface area contributed by atoms with Crippen LogP contribution in [-0.2, 0) is 9.53 Å². The molecule has 0 bridgehead atoms. The van der Waals surface area contributed by atoms with Crippen LogP contribution in [0.25, 0.3) is 6.08 Å². The Bertz CT molecular complexity index is 831. The molecule has 0 spiro atoms. The van der Waals surface area contributed by atoms with Gasteiger partial charge in [-0.2, -0.15) is 5.26 Å². The first-order chi connectivity index (χ1) is 14.6. The van der Waals surface area contributed by atoms with Crippen LogP contribution in [-0.4, -0.2) is 54.3 Å². The molecule has 6 nitrogen and oxygen atoms in total. The lowest BCUT2D eigenvalue weighted by Gasteiger charge is -2.43. The van der Waals surface area contributed by atoms with E-state index in [-0.39, 0.29) is 23.1 Å². The molecule has 2 heterocycles. The van der Waals surface area contributed by atoms with E-state index in [2.05, 4.69) is 48.5 Å². The van der Waals surface area contributed by atoms with Crippen molar-refractivity contribution in [1.29, 1.82) is 5.26 Å². The molecule has 2 unspecified atom stereocenters. The minimum atomic E-state index is -0.311. The Kier molecular flexibility index (Phi) is 8.90. The molecule has 31 heavy (non-hydrogen) atoms. The molecule has 0 aromatic carbocycles. The lowest BCUT2D eigenvalue weighted by atomic mass is 9.91. The van der Waals surface area contributed by atoms with Crippen LogP contribution in [0.3, 0.4) is 0 Å². The lowest BCUT2D eigenvalue weighted by Crippen LogP contribution is -2.55. The number of piperidine rings is 1. The molecule has 0 radical (unpaired) electrons. The van der Waals surface area contributed by atoms with E-state index >= 15 is 0 Å². The number of nitriles is 1. The number of nitrogens with one attached hydrogen (secondary N) is 1. The molecule has 172 valence electrons. The molecule has 1 aliphatic rings. The van der Waals surface area contributed by atoms with E-state index in [4.69, 9.17) is 4.74 Å². The second kappa shape index (κ2) is 11.0. The molecule has 1 aliphatic heterocycles. The molecule has 1 fully saturated rings. The van der Waals surface area contributed by atoms with Gasteiger partial charge >= 0.3 is 0 Å². The number of hydrogen-bond donors (Lipinski definition) is 1. The fourth-order valence-corrected chi connectivity index (χ4v) is 4.70. The van der Waals surface area contributed by atoms with E-state index < -0.39 is 0 Å². The van der Waals surface area contributed by atoms with Gasteiger partial charge in [0, 0.05) is 37.1 Å². The number of carbonyl (C=O) groups is 1. The van der Waals surface area contributed by atoms with Crippen LogP contribution in [0.15, 0.2) is 11.6 Å². The number of likely N-dealkylation sites (tertiary alicyclic amines) is 1. The SMILES string of the molecule is CCC1CCCN(C(C)(C)CNC(=O)/C(C#N)=C\c2cc(C)n(C(C)COC)c2C)C1. The Morgan fingerprint density at radius 1 is 1.45 bits per heavy atom. The smallest absolute Gasteiger partial charge is 0.262 e. The van der Waals surface area contributed by atoms with Crippen molar-refractivity contribution < 1.29 is 9.53 Å². The number of aromatic nitrogens is 1. The standard InChI is InChI=1S/C25H40N4O2/c1-8-21-10-9-11-28(15-21)25(5,6)17-27-24(30)23(14-26)13-22-12-18(2)29(20(22)4)19(3)16-31-7/h12-13,19,21H,8-11,15-17H2,1-7H3,(H,27,30)/b23-13-. The van der Waals surface area contributed by atoms with Crippen LogP contribution in [0, 0.1) is 31.1 Å². The van der Waals surface area contributed by atoms with E-state index in [1.807, 2.05) is 19.9 Å². The Morgan fingerprint density at radius 2 is 2.16 bits per heavy atom. The monoisotopic (exact) mass is 428 g/mol. The summed E-state index contributed by atoms with van der Waals surface area (Å²) < 4.78 is 7.47. The van der Waals surface area contributed by atoms with Crippen LogP contribution in [0.1, 0.15) is 70.0 Å². The van der Waals surface area contributed by atoms with Gasteiger partial charge in [0.15, 0.2) is 0 Å². The number of aryl methyl sites for hydroxylation is 1. The second-order valence-corrected chi connectivity index (χ2v) is 9.53. The summed E-state index contributed by atoms with van der Waals surface area (Å²) in [6, 6.07) is 4.30. The highest BCUT2D eigenvalue weighted by Crippen LogP contribution is 2.26. The maximum atomic E-state index is 12.8. The van der Waals surface area contributed by atoms with Gasteiger partial charge < -0.3 is 14.6 Å². The molecule has 1 amide bonds. The number of amides is 1. The first-order valence-corrected chi connectivity index (χ1v) is 11.5. The molecule has 1 aromatic rings. The summed E-state index contributed by atoms with van der Waals surface area (Å²) in [5.74, 6) is 0.420. The van der Waals surface area contributed by atoms with Crippen LogP contribution < -0.4 is 5.32 Å². The average molecular weight is 429 g/mol. The van der Waals surface area contributed by atoms with Gasteiger partial charge in [0.25, 0.3) is 5.91 Å². The summed E-state index contributed by atoms with van der Waals surface area (Å²) in [5, 5.41) is 12.7. The summed E-state index contributed by atoms with van der Waals surface area (Å²) in [4.78, 5) is 15.3. The number of carbonyl (C=O) groups excluding carboxylic acids is 1. The zero-order valence-electron chi connectivity index (χ0n) is 20.4. The summed E-state index contributed by atoms with van der Waals surface area (Å²) in [5.41, 5.74) is 3.01. The molecule has 0 saturated carbocycles. The Hall–Kier alpha value is -2.10. The van der Waals surface area contributed by atoms with Gasteiger partial charge in [0.1, 0.15) is 11.6 Å². The molecule has 1 N–H and O–H groups in total. The van der Waals surface area contributed by atoms with Gasteiger partial charge in [-0.15, -0.1) is 0 Å². The predicted octanol–water partition coefficient (Wildman–Crippen LogP) is 4.24. The van der Waals surface area contributed by atoms with Crippen molar-refractivity contribution in [2.24, 2.45) is 5.92 Å². The highest BCUT2D eigenvalue weighted by molar-refractivity contribution is 6.01. The maximum Gasteiger partial charge on any atom is 0.262 e. The summed E-state index contributed by atoms with van der Waals surface area (Å²) >= 11 is 0. The van der Waals surface area contributed by atoms with Crippen LogP contribution in [0.5, 0.6) is 0 Å². The van der Waals surface area contributed by atoms with E-state index in [0.717, 1.165) is 36.0 Å². The van der Waals surface area contributed by atoms with Crippen molar-refractivity contribution in [2.45, 2.75) is 72.4 Å². The summed E-state index contributed by atoms with van der Waals surface area (Å²) in [6.45, 7) is 16.0. The van der Waals surface area contributed by atoms with Crippen molar-refractivity contribution in [1.82, 2.24) is 14.8 Å². The third kappa shape index (κ3) is 6.21. The van der Waals surface area contributed by atoms with Gasteiger partial charge in [-0.25, -0.2) is 0 Å². The highest BCUT2D eigenvalue weighted by atomic mass is 16.5. The quantitative estimate of drug-likeness (QED) is 0.472. The van der Waals surface area contributed by atoms with E-state index in [1.54, 1.807) is 13.2 Å². The number of ether oxygens (including phenoxy) is 1. The fraction of sp³-hybridized carbons (Fsp3) is 0.680. The number of rotatable bonds is 9. The predicted molar refractivity (Wildman–Crippen MR) is 126 cm³/mol. The van der Waals surface area contributed by atoms with Crippen LogP contribution in [0.4, 0.5) is 0 Å². The van der Waals surface area contributed by atoms with Crippen molar-refractivity contribution >= 4 is 12.0 Å². The average Bonchev–Trinajstić information content (AvgIpc) is 3.03. The highest BCUT2D eigenvalue weighted by Gasteiger charge is 2.31. The van der Waals surface area contributed by atoms with Crippen molar-refractivity contribution in [2.75, 3.05) is 33.4 Å². The van der Waals surface area contributed by atoms with Crippen LogP contribution >= 0.6 is 0 Å². The van der Waals surface area contributed by atoms with Gasteiger partial charge in [0.2, 0.25) is 0 Å². The largest absolute Gasteiger partial charge is 0.383 e. The Balaban J connectivity index is 2.11. The van der Waals surface area contributed by atoms with Crippen molar-refractivity contribution in [3.8, 4) is 6.07 Å². The van der Waals surface area contributed by atoms with Gasteiger partial charge in [0.05, 0.1) is 12.6 Å². The maximum absolute atomic E-state index is 12.8. The molecule has 1 aromatic heterocycles. The van der Waals surface area contributed by atoms with Crippen molar-refractivity contribution in [3.05, 3.63) is 28.6 Å². The molecule has 0 aliphatic carbocycles.